The summed E-state index contributed by atoms with van der Waals surface area (Å²) in [5.74, 6) is -0.964. The molecule has 1 aromatic rings. The van der Waals surface area contributed by atoms with Crippen molar-refractivity contribution in [2.24, 2.45) is 0 Å². The third kappa shape index (κ3) is 2.90. The van der Waals surface area contributed by atoms with E-state index in [1.165, 1.54) is 6.07 Å². The number of carbonyl (C=O) groups is 2. The lowest BCUT2D eigenvalue weighted by molar-refractivity contribution is -0.137. The van der Waals surface area contributed by atoms with Crippen molar-refractivity contribution in [3.63, 3.8) is 0 Å². The fourth-order valence-corrected chi connectivity index (χ4v) is 2.40. The van der Waals surface area contributed by atoms with Crippen LogP contribution in [0.15, 0.2) is 18.2 Å². The molecule has 2 rings (SSSR count). The highest BCUT2D eigenvalue weighted by Gasteiger charge is 2.46. The zero-order valence-corrected chi connectivity index (χ0v) is 12.0. The second-order valence-corrected chi connectivity index (χ2v) is 4.88. The average molecular weight is 345 g/mol. The van der Waals surface area contributed by atoms with E-state index in [0.717, 1.165) is 17.0 Å². The first kappa shape index (κ1) is 17.7. The lowest BCUT2D eigenvalue weighted by atomic mass is 10.1. The molecule has 6 nitrogen and oxygen atoms in total. The molecule has 0 radical (unpaired) electrons. The summed E-state index contributed by atoms with van der Waals surface area (Å²) in [5, 5.41) is 17.9. The molecule has 1 saturated heterocycles. The first-order valence-corrected chi connectivity index (χ1v) is 6.69. The van der Waals surface area contributed by atoms with E-state index in [1.807, 2.05) is 0 Å². The molecule has 0 spiro atoms. The van der Waals surface area contributed by atoms with Crippen molar-refractivity contribution in [3.05, 3.63) is 29.3 Å². The van der Waals surface area contributed by atoms with Crippen molar-refractivity contribution in [2.75, 3.05) is 24.7 Å². The van der Waals surface area contributed by atoms with E-state index < -0.39 is 60.8 Å². The summed E-state index contributed by atoms with van der Waals surface area (Å²) in [6, 6.07) is 1.34. The maximum atomic E-state index is 13.0. The van der Waals surface area contributed by atoms with Crippen LogP contribution in [-0.4, -0.2) is 47.8 Å². The molecule has 1 heterocycles. The molecule has 10 heteroatoms. The Labute approximate surface area is 133 Å². The molecule has 0 saturated carbocycles. The van der Waals surface area contributed by atoms with Crippen molar-refractivity contribution < 1.29 is 32.3 Å². The Morgan fingerprint density at radius 3 is 2.46 bits per heavy atom. The largest absolute Gasteiger partial charge is 0.417 e. The molecule has 0 aromatic heterocycles. The number of hydrogen-bond acceptors (Lipinski definition) is 4. The Kier molecular flexibility index (Phi) is 4.75. The monoisotopic (exact) mass is 345 g/mol. The number of nitriles is 1. The van der Waals surface area contributed by atoms with Gasteiger partial charge in [-0.15, -0.1) is 0 Å². The number of imide groups is 1. The normalized spacial score (nSPS) is 18.2. The van der Waals surface area contributed by atoms with Crippen molar-refractivity contribution >= 4 is 17.6 Å². The quantitative estimate of drug-likeness (QED) is 0.665. The number of urea groups is 1. The molecular formula is C14H11F4N3O3. The van der Waals surface area contributed by atoms with Crippen LogP contribution in [0.3, 0.4) is 0 Å². The lowest BCUT2D eigenvalue weighted by Gasteiger charge is -2.19. The second kappa shape index (κ2) is 6.45. The van der Waals surface area contributed by atoms with Gasteiger partial charge < -0.3 is 10.0 Å². The van der Waals surface area contributed by atoms with E-state index in [1.54, 1.807) is 0 Å². The maximum Gasteiger partial charge on any atom is 0.417 e. The summed E-state index contributed by atoms with van der Waals surface area (Å²) in [4.78, 5) is 25.6. The predicted octanol–water partition coefficient (Wildman–Crippen LogP) is 1.68. The van der Waals surface area contributed by atoms with Crippen LogP contribution in [0.2, 0.25) is 0 Å². The minimum Gasteiger partial charge on any atom is -0.394 e. The van der Waals surface area contributed by atoms with Gasteiger partial charge in [0.2, 0.25) is 0 Å². The third-order valence-electron chi connectivity index (χ3n) is 3.50. The Bertz CT molecular complexity index is 714. The number of hydrogen-bond donors (Lipinski definition) is 1. The van der Waals surface area contributed by atoms with E-state index in [9.17, 15) is 32.3 Å². The molecule has 128 valence electrons. The predicted molar refractivity (Wildman–Crippen MR) is 72.6 cm³/mol. The Hall–Kier alpha value is -2.67. The number of carbonyl (C=O) groups excluding carboxylic acids is 2. The Morgan fingerprint density at radius 1 is 1.29 bits per heavy atom. The highest BCUT2D eigenvalue weighted by molar-refractivity contribution is 6.21. The van der Waals surface area contributed by atoms with Crippen molar-refractivity contribution in [1.82, 2.24) is 4.90 Å². The van der Waals surface area contributed by atoms with E-state index in [4.69, 9.17) is 5.26 Å². The fourth-order valence-electron chi connectivity index (χ4n) is 2.40. The summed E-state index contributed by atoms with van der Waals surface area (Å²) in [7, 11) is 0. The maximum absolute atomic E-state index is 13.0. The van der Waals surface area contributed by atoms with E-state index in [0.29, 0.717) is 11.0 Å². The van der Waals surface area contributed by atoms with Gasteiger partial charge in [-0.1, -0.05) is 0 Å². The molecule has 1 unspecified atom stereocenters. The summed E-state index contributed by atoms with van der Waals surface area (Å²) in [5.41, 5.74) is -2.37. The summed E-state index contributed by atoms with van der Waals surface area (Å²) in [6.45, 7) is -2.25. The third-order valence-corrected chi connectivity index (χ3v) is 3.50. The summed E-state index contributed by atoms with van der Waals surface area (Å²) >= 11 is 0. The van der Waals surface area contributed by atoms with Crippen molar-refractivity contribution in [3.8, 4) is 6.07 Å². The van der Waals surface area contributed by atoms with Gasteiger partial charge in [-0.05, 0) is 18.2 Å². The fraction of sp³-hybridized carbons (Fsp3) is 0.357. The van der Waals surface area contributed by atoms with Gasteiger partial charge >= 0.3 is 12.2 Å². The summed E-state index contributed by atoms with van der Waals surface area (Å²) in [6.07, 6.45) is -4.86. The van der Waals surface area contributed by atoms with Gasteiger partial charge in [-0.3, -0.25) is 4.79 Å². The standard InChI is InChI=1S/C14H11F4N3O3/c15-3-4-20-11(7-22)12(23)21(13(20)24)9-2-1-8(6-19)10(5-9)14(16,17)18/h1-2,5,11,22H,3-4,7H2. The number of aliphatic hydroxyl groups excluding tert-OH is 1. The van der Waals surface area contributed by atoms with Crippen LogP contribution in [-0.2, 0) is 11.0 Å². The molecule has 1 aromatic carbocycles. The van der Waals surface area contributed by atoms with Gasteiger partial charge in [-0.2, -0.15) is 18.4 Å². The molecule has 1 fully saturated rings. The van der Waals surface area contributed by atoms with Gasteiger partial charge in [-0.25, -0.2) is 14.1 Å². The van der Waals surface area contributed by atoms with Crippen LogP contribution in [0.5, 0.6) is 0 Å². The number of amides is 3. The van der Waals surface area contributed by atoms with Crippen LogP contribution >= 0.6 is 0 Å². The van der Waals surface area contributed by atoms with Crippen molar-refractivity contribution in [2.45, 2.75) is 12.2 Å². The zero-order valence-electron chi connectivity index (χ0n) is 12.0. The van der Waals surface area contributed by atoms with Gasteiger partial charge in [0, 0.05) is 0 Å². The lowest BCUT2D eigenvalue weighted by Crippen LogP contribution is -2.39. The van der Waals surface area contributed by atoms with Crippen LogP contribution in [0.25, 0.3) is 0 Å². The molecule has 1 aliphatic heterocycles. The number of benzene rings is 1. The van der Waals surface area contributed by atoms with Gasteiger partial charge in [0.1, 0.15) is 12.7 Å². The van der Waals surface area contributed by atoms with E-state index in [-0.39, 0.29) is 0 Å². The highest BCUT2D eigenvalue weighted by Crippen LogP contribution is 2.35. The van der Waals surface area contributed by atoms with Gasteiger partial charge in [0.15, 0.2) is 0 Å². The van der Waals surface area contributed by atoms with Crippen LogP contribution < -0.4 is 4.90 Å². The minimum atomic E-state index is -4.86. The number of rotatable bonds is 4. The van der Waals surface area contributed by atoms with Crippen LogP contribution in [0.1, 0.15) is 11.1 Å². The first-order chi connectivity index (χ1) is 11.3. The summed E-state index contributed by atoms with van der Waals surface area (Å²) < 4.78 is 51.5. The van der Waals surface area contributed by atoms with E-state index >= 15 is 0 Å². The molecule has 1 aliphatic rings. The number of nitrogens with zero attached hydrogens (tertiary/aromatic N) is 3. The SMILES string of the molecule is N#Cc1ccc(N2C(=O)C(CO)N(CCF)C2=O)cc1C(F)(F)F. The Balaban J connectivity index is 2.50. The molecule has 24 heavy (non-hydrogen) atoms. The number of anilines is 1. The van der Waals surface area contributed by atoms with Crippen molar-refractivity contribution in [1.29, 1.82) is 5.26 Å². The smallest absolute Gasteiger partial charge is 0.394 e. The first-order valence-electron chi connectivity index (χ1n) is 6.69. The molecule has 1 atom stereocenters. The van der Waals surface area contributed by atoms with Gasteiger partial charge in [0.05, 0.1) is 36.0 Å². The van der Waals surface area contributed by atoms with E-state index in [2.05, 4.69) is 0 Å². The number of halogens is 4. The topological polar surface area (TPSA) is 84.6 Å². The molecule has 0 aliphatic carbocycles. The zero-order chi connectivity index (χ0) is 18.1. The Morgan fingerprint density at radius 2 is 1.96 bits per heavy atom. The molecular weight excluding hydrogens is 334 g/mol. The molecule has 0 bridgehead atoms. The van der Waals surface area contributed by atoms with Crippen LogP contribution in [0, 0.1) is 11.3 Å². The number of aliphatic hydroxyl groups is 1. The average Bonchev–Trinajstić information content (AvgIpc) is 2.76. The molecule has 3 amide bonds. The number of alkyl halides is 4. The molecule has 1 N–H and O–H groups in total. The second-order valence-electron chi connectivity index (χ2n) is 4.88. The van der Waals surface area contributed by atoms with Gasteiger partial charge in [0.25, 0.3) is 5.91 Å². The van der Waals surface area contributed by atoms with Crippen LogP contribution in [0.4, 0.5) is 28.0 Å². The highest BCUT2D eigenvalue weighted by atomic mass is 19.4. The minimum absolute atomic E-state index is 0.406.